The number of aromatic hydroxyl groups is 1. The second-order valence-electron chi connectivity index (χ2n) is 7.09. The number of nitrogens with zero attached hydrogens (tertiary/aromatic N) is 2. The second kappa shape index (κ2) is 9.78. The molecule has 170 valence electrons. The van der Waals surface area contributed by atoms with Gasteiger partial charge in [0.15, 0.2) is 11.6 Å². The van der Waals surface area contributed by atoms with E-state index < -0.39 is 17.5 Å². The number of nitrogens with one attached hydrogen (secondary N) is 2. The predicted molar refractivity (Wildman–Crippen MR) is 124 cm³/mol. The monoisotopic (exact) mass is 458 g/mol. The average Bonchev–Trinajstić information content (AvgIpc) is 2.86. The van der Waals surface area contributed by atoms with Gasteiger partial charge in [0.2, 0.25) is 0 Å². The smallest absolute Gasteiger partial charge is 0.337 e. The van der Waals surface area contributed by atoms with Crippen LogP contribution in [0.25, 0.3) is 16.6 Å². The Morgan fingerprint density at radius 2 is 1.94 bits per heavy atom. The molecule has 1 aromatic heterocycles. The van der Waals surface area contributed by atoms with E-state index >= 15 is 0 Å². The molecule has 9 heteroatoms. The number of aromatic nitrogens is 1. The maximum atomic E-state index is 13.5. The van der Waals surface area contributed by atoms with Crippen molar-refractivity contribution in [3.63, 3.8) is 0 Å². The van der Waals surface area contributed by atoms with Gasteiger partial charge in [-0.25, -0.2) is 19.7 Å². The van der Waals surface area contributed by atoms with Crippen LogP contribution < -0.4 is 10.1 Å². The first-order valence-electron chi connectivity index (χ1n) is 10.1. The molecule has 0 aliphatic carbocycles. The number of rotatable bonds is 7. The third kappa shape index (κ3) is 4.83. The van der Waals surface area contributed by atoms with Crippen LogP contribution in [0.1, 0.15) is 16.1 Å². The number of methoxy groups -OCH3 is 1. The van der Waals surface area contributed by atoms with Gasteiger partial charge in [-0.2, -0.15) is 5.11 Å². The third-order valence-electron chi connectivity index (χ3n) is 4.88. The number of hydrogen-bond donors (Lipinski definition) is 3. The lowest BCUT2D eigenvalue weighted by Gasteiger charge is -2.11. The first kappa shape index (κ1) is 22.4. The number of esters is 1. The highest BCUT2D eigenvalue weighted by atomic mass is 19.1. The Bertz CT molecular complexity index is 1420. The van der Waals surface area contributed by atoms with Gasteiger partial charge in [-0.05, 0) is 54.6 Å². The van der Waals surface area contributed by atoms with Crippen LogP contribution in [0.3, 0.4) is 0 Å². The average molecular weight is 458 g/mol. The van der Waals surface area contributed by atoms with E-state index in [0.29, 0.717) is 39.3 Å². The Kier molecular flexibility index (Phi) is 6.45. The summed E-state index contributed by atoms with van der Waals surface area (Å²) in [7, 11) is 1.31. The molecule has 0 saturated carbocycles. The minimum absolute atomic E-state index is 0.215. The second-order valence-corrected chi connectivity index (χ2v) is 7.09. The maximum Gasteiger partial charge on any atom is 0.337 e. The Labute approximate surface area is 193 Å². The molecule has 4 rings (SSSR count). The van der Waals surface area contributed by atoms with Crippen molar-refractivity contribution in [3.05, 3.63) is 96.1 Å². The normalized spacial score (nSPS) is 11.2. The largest absolute Gasteiger partial charge is 0.505 e. The molecule has 0 bridgehead atoms. The molecular formula is C25H19FN4O4. The zero-order valence-electron chi connectivity index (χ0n) is 17.9. The highest BCUT2D eigenvalue weighted by Gasteiger charge is 2.11. The van der Waals surface area contributed by atoms with Crippen molar-refractivity contribution in [1.82, 2.24) is 4.98 Å². The van der Waals surface area contributed by atoms with E-state index in [9.17, 15) is 14.3 Å². The SMILES string of the molecule is COC(=O)c1cccc(Oc2cccc3nc(/C(=C/Nc4ccc(O)c(F)c4)N=N)ccc23)c1. The van der Waals surface area contributed by atoms with Gasteiger partial charge in [0.05, 0.1) is 23.9 Å². The molecule has 0 aliphatic heterocycles. The van der Waals surface area contributed by atoms with Gasteiger partial charge >= 0.3 is 5.97 Å². The Hall–Kier alpha value is -4.79. The summed E-state index contributed by atoms with van der Waals surface area (Å²) in [4.78, 5) is 16.3. The van der Waals surface area contributed by atoms with Gasteiger partial charge in [-0.15, -0.1) is 0 Å². The zero-order valence-corrected chi connectivity index (χ0v) is 17.9. The number of carbonyl (C=O) groups excluding carboxylic acids is 1. The molecule has 0 unspecified atom stereocenters. The molecule has 0 fully saturated rings. The summed E-state index contributed by atoms with van der Waals surface area (Å²) < 4.78 is 24.3. The molecule has 4 aromatic rings. The first-order valence-corrected chi connectivity index (χ1v) is 10.1. The summed E-state index contributed by atoms with van der Waals surface area (Å²) in [6.45, 7) is 0. The number of ether oxygens (including phenoxy) is 2. The molecule has 34 heavy (non-hydrogen) atoms. The van der Waals surface area contributed by atoms with E-state index in [2.05, 4.69) is 15.4 Å². The molecule has 1 heterocycles. The number of phenolic OH excluding ortho intramolecular Hbond substituents is 1. The van der Waals surface area contributed by atoms with Crippen molar-refractivity contribution >= 4 is 28.3 Å². The minimum atomic E-state index is -0.767. The molecule has 0 spiro atoms. The number of carbonyl (C=O) groups is 1. The Balaban J connectivity index is 1.61. The van der Waals surface area contributed by atoms with Crippen LogP contribution in [-0.4, -0.2) is 23.2 Å². The summed E-state index contributed by atoms with van der Waals surface area (Å²) in [6, 6.07) is 19.3. The summed E-state index contributed by atoms with van der Waals surface area (Å²) in [6.07, 6.45) is 1.42. The molecule has 0 radical (unpaired) electrons. The van der Waals surface area contributed by atoms with Crippen molar-refractivity contribution < 1.29 is 23.8 Å². The van der Waals surface area contributed by atoms with Crippen LogP contribution in [-0.2, 0) is 4.74 Å². The summed E-state index contributed by atoms with van der Waals surface area (Å²) in [5, 5.41) is 16.4. The van der Waals surface area contributed by atoms with Crippen LogP contribution in [0.4, 0.5) is 10.1 Å². The van der Waals surface area contributed by atoms with Crippen LogP contribution in [0.2, 0.25) is 0 Å². The van der Waals surface area contributed by atoms with Gasteiger partial charge < -0.3 is 19.9 Å². The van der Waals surface area contributed by atoms with Crippen LogP contribution in [0.5, 0.6) is 17.2 Å². The number of benzene rings is 3. The van der Waals surface area contributed by atoms with Crippen LogP contribution in [0.15, 0.2) is 84.1 Å². The van der Waals surface area contributed by atoms with E-state index in [1.54, 1.807) is 54.6 Å². The highest BCUT2D eigenvalue weighted by molar-refractivity contribution is 5.90. The molecular weight excluding hydrogens is 439 g/mol. The maximum absolute atomic E-state index is 13.5. The van der Waals surface area contributed by atoms with Gasteiger partial charge in [0.1, 0.15) is 17.2 Å². The Morgan fingerprint density at radius 3 is 2.71 bits per heavy atom. The van der Waals surface area contributed by atoms with Crippen LogP contribution in [0, 0.1) is 11.3 Å². The lowest BCUT2D eigenvalue weighted by atomic mass is 10.1. The summed E-state index contributed by atoms with van der Waals surface area (Å²) in [5.74, 6) is -0.685. The fourth-order valence-electron chi connectivity index (χ4n) is 3.20. The van der Waals surface area contributed by atoms with Gasteiger partial charge in [-0.3, -0.25) is 0 Å². The fourth-order valence-corrected chi connectivity index (χ4v) is 3.20. The van der Waals surface area contributed by atoms with Crippen molar-refractivity contribution in [2.24, 2.45) is 5.11 Å². The number of halogens is 1. The van der Waals surface area contributed by atoms with E-state index in [-0.39, 0.29) is 5.70 Å². The van der Waals surface area contributed by atoms with Gasteiger partial charge in [0, 0.05) is 23.3 Å². The number of pyridine rings is 1. The van der Waals surface area contributed by atoms with E-state index in [4.69, 9.17) is 15.0 Å². The molecule has 3 N–H and O–H groups in total. The van der Waals surface area contributed by atoms with Gasteiger partial charge in [0.25, 0.3) is 0 Å². The van der Waals surface area contributed by atoms with Gasteiger partial charge in [-0.1, -0.05) is 12.1 Å². The quantitative estimate of drug-likeness (QED) is 0.175. The minimum Gasteiger partial charge on any atom is -0.505 e. The standard InChI is InChI=1S/C25H19FN4O4/c1-33-25(32)15-4-2-5-17(12-15)34-24-7-3-6-20-18(24)9-10-21(29-20)22(30-27)14-28-16-8-11-23(31)19(26)13-16/h2-14,27-28,31H,1H3/b22-14-,30-27?. The lowest BCUT2D eigenvalue weighted by Crippen LogP contribution is -2.01. The topological polar surface area (TPSA) is 117 Å². The summed E-state index contributed by atoms with van der Waals surface area (Å²) in [5.41, 5.74) is 9.49. The third-order valence-corrected chi connectivity index (χ3v) is 4.88. The first-order chi connectivity index (χ1) is 16.5. The molecule has 0 saturated heterocycles. The number of anilines is 1. The summed E-state index contributed by atoms with van der Waals surface area (Å²) >= 11 is 0. The van der Waals surface area contributed by atoms with Crippen molar-refractivity contribution in [3.8, 4) is 17.2 Å². The lowest BCUT2D eigenvalue weighted by molar-refractivity contribution is 0.0600. The van der Waals surface area contributed by atoms with E-state index in [1.165, 1.54) is 25.4 Å². The van der Waals surface area contributed by atoms with Crippen molar-refractivity contribution in [1.29, 1.82) is 5.53 Å². The van der Waals surface area contributed by atoms with E-state index in [0.717, 1.165) is 6.07 Å². The van der Waals surface area contributed by atoms with E-state index in [1.807, 2.05) is 0 Å². The Morgan fingerprint density at radius 1 is 1.12 bits per heavy atom. The zero-order chi connectivity index (χ0) is 24.1. The molecule has 0 aliphatic rings. The number of phenols is 1. The van der Waals surface area contributed by atoms with Crippen molar-refractivity contribution in [2.75, 3.05) is 12.4 Å². The predicted octanol–water partition coefficient (Wildman–Crippen LogP) is 6.10. The molecule has 3 aromatic carbocycles. The van der Waals surface area contributed by atoms with Crippen LogP contribution >= 0.6 is 0 Å². The fraction of sp³-hybridized carbons (Fsp3) is 0.0400. The molecule has 0 amide bonds. The molecule has 0 atom stereocenters. The highest BCUT2D eigenvalue weighted by Crippen LogP contribution is 2.31. The molecule has 8 nitrogen and oxygen atoms in total. The number of hydrogen-bond acceptors (Lipinski definition) is 8. The number of fused-ring (bicyclic) bond motifs is 1. The van der Waals surface area contributed by atoms with Crippen molar-refractivity contribution in [2.45, 2.75) is 0 Å².